The van der Waals surface area contributed by atoms with Gasteiger partial charge in [-0.05, 0) is 59.2 Å². The molecule has 1 fully saturated rings. The topological polar surface area (TPSA) is 58.6 Å². The average Bonchev–Trinajstić information content (AvgIpc) is 2.93. The Morgan fingerprint density at radius 3 is 2.58 bits per heavy atom. The third-order valence-corrected chi connectivity index (χ3v) is 6.17. The molecule has 0 bridgehead atoms. The third-order valence-electron chi connectivity index (χ3n) is 5.28. The van der Waals surface area contributed by atoms with Crippen LogP contribution in [0.2, 0.25) is 0 Å². The first kappa shape index (κ1) is 17.3. The third kappa shape index (κ3) is 2.96. The van der Waals surface area contributed by atoms with Crippen LogP contribution < -0.4 is 10.1 Å². The number of amides is 2. The van der Waals surface area contributed by atoms with Crippen molar-refractivity contribution in [3.05, 3.63) is 57.7 Å². The number of piperidine rings is 1. The van der Waals surface area contributed by atoms with Crippen molar-refractivity contribution >= 4 is 40.1 Å². The van der Waals surface area contributed by atoms with E-state index < -0.39 is 5.41 Å². The van der Waals surface area contributed by atoms with Crippen molar-refractivity contribution in [2.24, 2.45) is 0 Å². The number of benzene rings is 2. The molecule has 2 aliphatic heterocycles. The van der Waals surface area contributed by atoms with Gasteiger partial charge in [0.15, 0.2) is 6.61 Å². The lowest BCUT2D eigenvalue weighted by Gasteiger charge is -2.37. The molecule has 26 heavy (non-hydrogen) atoms. The van der Waals surface area contributed by atoms with Gasteiger partial charge in [0, 0.05) is 18.8 Å². The number of nitrogens with zero attached hydrogens (tertiary/aromatic N) is 1. The van der Waals surface area contributed by atoms with Gasteiger partial charge in [0.05, 0.1) is 8.99 Å². The fourth-order valence-corrected chi connectivity index (χ4v) is 4.34. The van der Waals surface area contributed by atoms with Crippen LogP contribution in [0, 0.1) is 3.57 Å². The van der Waals surface area contributed by atoms with E-state index in [1.807, 2.05) is 48.5 Å². The molecule has 2 aromatic rings. The van der Waals surface area contributed by atoms with Crippen molar-refractivity contribution in [3.8, 4) is 5.75 Å². The Morgan fingerprint density at radius 2 is 1.81 bits per heavy atom. The number of anilines is 1. The number of hydrogen-bond donors (Lipinski definition) is 1. The molecule has 2 amide bonds. The summed E-state index contributed by atoms with van der Waals surface area (Å²) in [7, 11) is 0. The second-order valence-corrected chi connectivity index (χ2v) is 7.84. The zero-order valence-corrected chi connectivity index (χ0v) is 16.4. The zero-order chi connectivity index (χ0) is 18.1. The van der Waals surface area contributed by atoms with Crippen LogP contribution in [0.1, 0.15) is 18.4 Å². The second-order valence-electron chi connectivity index (χ2n) is 6.68. The predicted octanol–water partition coefficient (Wildman–Crippen LogP) is 3.18. The molecule has 0 aliphatic carbocycles. The molecule has 134 valence electrons. The molecule has 2 aliphatic rings. The molecule has 0 saturated carbocycles. The Bertz CT molecular complexity index is 860. The van der Waals surface area contributed by atoms with Crippen LogP contribution in [-0.4, -0.2) is 36.4 Å². The molecule has 0 radical (unpaired) electrons. The number of carbonyl (C=O) groups is 2. The summed E-state index contributed by atoms with van der Waals surface area (Å²) in [4.78, 5) is 26.9. The molecule has 2 aromatic carbocycles. The minimum Gasteiger partial charge on any atom is -0.483 e. The Kier molecular flexibility index (Phi) is 4.60. The Balaban J connectivity index is 1.40. The summed E-state index contributed by atoms with van der Waals surface area (Å²) >= 11 is 2.19. The van der Waals surface area contributed by atoms with Crippen LogP contribution in [-0.2, 0) is 15.0 Å². The van der Waals surface area contributed by atoms with Gasteiger partial charge in [-0.1, -0.05) is 30.3 Å². The predicted molar refractivity (Wildman–Crippen MR) is 107 cm³/mol. The molecule has 4 rings (SSSR count). The molecule has 1 saturated heterocycles. The van der Waals surface area contributed by atoms with E-state index in [9.17, 15) is 9.59 Å². The average molecular weight is 462 g/mol. The van der Waals surface area contributed by atoms with Gasteiger partial charge in [0.25, 0.3) is 5.91 Å². The first-order valence-corrected chi connectivity index (χ1v) is 9.74. The number of likely N-dealkylation sites (tertiary alicyclic amines) is 1. The van der Waals surface area contributed by atoms with E-state index in [0.29, 0.717) is 25.9 Å². The van der Waals surface area contributed by atoms with Crippen molar-refractivity contribution in [2.45, 2.75) is 18.3 Å². The van der Waals surface area contributed by atoms with Gasteiger partial charge < -0.3 is 15.0 Å². The first-order valence-electron chi connectivity index (χ1n) is 8.66. The quantitative estimate of drug-likeness (QED) is 0.714. The number of hydrogen-bond acceptors (Lipinski definition) is 3. The highest BCUT2D eigenvalue weighted by Gasteiger charge is 2.48. The molecule has 0 aromatic heterocycles. The SMILES string of the molecule is O=C(COc1ccccc1I)N1CCC2(CC1)C(=O)Nc1ccccc12. The van der Waals surface area contributed by atoms with Gasteiger partial charge in [-0.25, -0.2) is 0 Å². The minimum absolute atomic E-state index is 0.0236. The van der Waals surface area contributed by atoms with Gasteiger partial charge in [-0.15, -0.1) is 0 Å². The summed E-state index contributed by atoms with van der Waals surface area (Å²) in [5, 5.41) is 2.99. The van der Waals surface area contributed by atoms with Crippen molar-refractivity contribution in [2.75, 3.05) is 25.0 Å². The molecular formula is C20H19IN2O3. The lowest BCUT2D eigenvalue weighted by atomic mass is 9.73. The van der Waals surface area contributed by atoms with Crippen LogP contribution in [0.15, 0.2) is 48.5 Å². The summed E-state index contributed by atoms with van der Waals surface area (Å²) in [6.07, 6.45) is 1.29. The number of para-hydroxylation sites is 2. The van der Waals surface area contributed by atoms with Crippen LogP contribution in [0.3, 0.4) is 0 Å². The van der Waals surface area contributed by atoms with E-state index in [1.54, 1.807) is 4.90 Å². The van der Waals surface area contributed by atoms with Crippen LogP contribution in [0.5, 0.6) is 5.75 Å². The highest BCUT2D eigenvalue weighted by Crippen LogP contribution is 2.44. The number of nitrogens with one attached hydrogen (secondary N) is 1. The Labute approximate surface area is 165 Å². The summed E-state index contributed by atoms with van der Waals surface area (Å²) < 4.78 is 6.65. The zero-order valence-electron chi connectivity index (χ0n) is 14.2. The van der Waals surface area contributed by atoms with Crippen LogP contribution in [0.4, 0.5) is 5.69 Å². The standard InChI is InChI=1S/C20H19IN2O3/c21-15-6-2-4-8-17(15)26-13-18(24)23-11-9-20(10-12-23)14-5-1-3-7-16(14)22-19(20)25/h1-8H,9-13H2,(H,22,25). The van der Waals surface area contributed by atoms with Gasteiger partial charge in [-0.2, -0.15) is 0 Å². The number of ether oxygens (including phenoxy) is 1. The van der Waals surface area contributed by atoms with E-state index in [2.05, 4.69) is 27.9 Å². The lowest BCUT2D eigenvalue weighted by molar-refractivity contribution is -0.137. The number of halogens is 1. The maximum Gasteiger partial charge on any atom is 0.260 e. The highest BCUT2D eigenvalue weighted by molar-refractivity contribution is 14.1. The lowest BCUT2D eigenvalue weighted by Crippen LogP contribution is -2.49. The van der Waals surface area contributed by atoms with Crippen LogP contribution in [0.25, 0.3) is 0 Å². The number of carbonyl (C=O) groups excluding carboxylic acids is 2. The summed E-state index contributed by atoms with van der Waals surface area (Å²) in [5.74, 6) is 0.742. The molecule has 0 unspecified atom stereocenters. The van der Waals surface area contributed by atoms with Crippen molar-refractivity contribution in [1.82, 2.24) is 4.90 Å². The van der Waals surface area contributed by atoms with Gasteiger partial charge in [0.1, 0.15) is 5.75 Å². The monoisotopic (exact) mass is 462 g/mol. The minimum atomic E-state index is -0.497. The molecule has 0 atom stereocenters. The van der Waals surface area contributed by atoms with E-state index in [1.165, 1.54) is 0 Å². The normalized spacial score (nSPS) is 17.7. The van der Waals surface area contributed by atoms with Gasteiger partial charge >= 0.3 is 0 Å². The van der Waals surface area contributed by atoms with E-state index in [0.717, 1.165) is 20.6 Å². The Morgan fingerprint density at radius 1 is 1.12 bits per heavy atom. The summed E-state index contributed by atoms with van der Waals surface area (Å²) in [5.41, 5.74) is 1.47. The molecular weight excluding hydrogens is 443 g/mol. The van der Waals surface area contributed by atoms with E-state index in [-0.39, 0.29) is 18.4 Å². The van der Waals surface area contributed by atoms with Gasteiger partial charge in [0.2, 0.25) is 5.91 Å². The maximum atomic E-state index is 12.6. The number of rotatable bonds is 3. The molecule has 5 nitrogen and oxygen atoms in total. The van der Waals surface area contributed by atoms with Crippen molar-refractivity contribution in [3.63, 3.8) is 0 Å². The Hall–Kier alpha value is -2.09. The van der Waals surface area contributed by atoms with Crippen LogP contribution >= 0.6 is 22.6 Å². The summed E-state index contributed by atoms with van der Waals surface area (Å²) in [6, 6.07) is 15.5. The molecule has 6 heteroatoms. The fourth-order valence-electron chi connectivity index (χ4n) is 3.80. The maximum absolute atomic E-state index is 12.6. The van der Waals surface area contributed by atoms with Crippen molar-refractivity contribution in [1.29, 1.82) is 0 Å². The highest BCUT2D eigenvalue weighted by atomic mass is 127. The number of fused-ring (bicyclic) bond motifs is 2. The fraction of sp³-hybridized carbons (Fsp3) is 0.300. The molecule has 1 N–H and O–H groups in total. The second kappa shape index (κ2) is 6.90. The summed E-state index contributed by atoms with van der Waals surface area (Å²) in [6.45, 7) is 1.15. The first-order chi connectivity index (χ1) is 12.6. The molecule has 2 heterocycles. The van der Waals surface area contributed by atoms with E-state index >= 15 is 0 Å². The van der Waals surface area contributed by atoms with E-state index in [4.69, 9.17) is 4.74 Å². The van der Waals surface area contributed by atoms with Crippen molar-refractivity contribution < 1.29 is 14.3 Å². The smallest absolute Gasteiger partial charge is 0.260 e. The largest absolute Gasteiger partial charge is 0.483 e. The van der Waals surface area contributed by atoms with Gasteiger partial charge in [-0.3, -0.25) is 9.59 Å². The molecule has 1 spiro atoms.